The van der Waals surface area contributed by atoms with Crippen molar-refractivity contribution in [2.24, 2.45) is 0 Å². The Morgan fingerprint density at radius 1 is 1.15 bits per heavy atom. The quantitative estimate of drug-likeness (QED) is 0.283. The standard InChI is InChI=1S/C26H27ClF3N7O3S/c1-14(2)37-10-7-18(8-11-37)40-25-22-15(3)34-35-24(22)32-23(33-25)16-4-5-20(19(27)12-16)36-41(38,39)21-13-17(6-9-31-21)26(28,29)30/h4-6,9,12-14,18,36H,7-8,10-11H2,1-3H3,(H,32,33,34,35). The van der Waals surface area contributed by atoms with Gasteiger partial charge in [-0.1, -0.05) is 11.6 Å². The van der Waals surface area contributed by atoms with Crippen LogP contribution in [-0.2, 0) is 16.2 Å². The van der Waals surface area contributed by atoms with Crippen LogP contribution in [0.5, 0.6) is 5.88 Å². The zero-order valence-corrected chi connectivity index (χ0v) is 23.9. The van der Waals surface area contributed by atoms with Gasteiger partial charge in [-0.3, -0.25) is 9.82 Å². The van der Waals surface area contributed by atoms with Gasteiger partial charge in [0.1, 0.15) is 11.5 Å². The number of pyridine rings is 1. The van der Waals surface area contributed by atoms with Crippen LogP contribution < -0.4 is 9.46 Å². The molecular weight excluding hydrogens is 583 g/mol. The van der Waals surface area contributed by atoms with Crippen LogP contribution in [0, 0.1) is 6.92 Å². The lowest BCUT2D eigenvalue weighted by atomic mass is 10.1. The number of aryl methyl sites for hydroxylation is 1. The number of alkyl halides is 3. The molecule has 1 aliphatic heterocycles. The van der Waals surface area contributed by atoms with Crippen LogP contribution in [0.4, 0.5) is 18.9 Å². The lowest BCUT2D eigenvalue weighted by Crippen LogP contribution is -2.41. The minimum absolute atomic E-state index is 0.0222. The molecule has 1 saturated heterocycles. The predicted octanol–water partition coefficient (Wildman–Crippen LogP) is 5.45. The van der Waals surface area contributed by atoms with Crippen LogP contribution in [0.3, 0.4) is 0 Å². The highest BCUT2D eigenvalue weighted by Gasteiger charge is 2.32. The molecule has 0 aliphatic carbocycles. The molecule has 3 aromatic heterocycles. The predicted molar refractivity (Wildman–Crippen MR) is 147 cm³/mol. The van der Waals surface area contributed by atoms with Gasteiger partial charge in [0, 0.05) is 30.9 Å². The maximum absolute atomic E-state index is 13.1. The maximum Gasteiger partial charge on any atom is 0.416 e. The van der Waals surface area contributed by atoms with E-state index < -0.39 is 26.8 Å². The van der Waals surface area contributed by atoms with Crippen molar-refractivity contribution in [3.05, 3.63) is 52.8 Å². The zero-order chi connectivity index (χ0) is 29.5. The molecule has 1 aromatic carbocycles. The van der Waals surface area contributed by atoms with E-state index in [1.54, 1.807) is 6.07 Å². The summed E-state index contributed by atoms with van der Waals surface area (Å²) in [5.74, 6) is 0.655. The van der Waals surface area contributed by atoms with E-state index in [2.05, 4.69) is 48.6 Å². The van der Waals surface area contributed by atoms with E-state index in [9.17, 15) is 21.6 Å². The minimum Gasteiger partial charge on any atom is -0.474 e. The summed E-state index contributed by atoms with van der Waals surface area (Å²) >= 11 is 6.39. The number of benzene rings is 1. The SMILES string of the molecule is Cc1n[nH]c2nc(-c3ccc(NS(=O)(=O)c4cc(C(F)(F)F)ccn4)c(Cl)c3)nc(OC3CCN(C(C)C)CC3)c12. The van der Waals surface area contributed by atoms with Crippen LogP contribution in [0.2, 0.25) is 5.02 Å². The van der Waals surface area contributed by atoms with Gasteiger partial charge in [-0.15, -0.1) is 0 Å². The van der Waals surface area contributed by atoms with Gasteiger partial charge in [-0.05, 0) is 63.9 Å². The smallest absolute Gasteiger partial charge is 0.416 e. The molecule has 1 aliphatic rings. The van der Waals surface area contributed by atoms with E-state index in [0.29, 0.717) is 46.3 Å². The fourth-order valence-corrected chi connectivity index (χ4v) is 5.93. The molecule has 4 heterocycles. The van der Waals surface area contributed by atoms with Gasteiger partial charge in [0.05, 0.1) is 22.0 Å². The summed E-state index contributed by atoms with van der Waals surface area (Å²) in [6.45, 7) is 7.99. The first-order valence-electron chi connectivity index (χ1n) is 12.8. The zero-order valence-electron chi connectivity index (χ0n) is 22.3. The van der Waals surface area contributed by atoms with Gasteiger partial charge >= 0.3 is 6.18 Å². The molecule has 0 atom stereocenters. The van der Waals surface area contributed by atoms with Crippen molar-refractivity contribution in [2.45, 2.75) is 57.0 Å². The molecule has 2 N–H and O–H groups in total. The molecule has 0 amide bonds. The van der Waals surface area contributed by atoms with Crippen molar-refractivity contribution in [2.75, 3.05) is 17.8 Å². The van der Waals surface area contributed by atoms with Crippen LogP contribution >= 0.6 is 11.6 Å². The maximum atomic E-state index is 13.1. The largest absolute Gasteiger partial charge is 0.474 e. The number of fused-ring (bicyclic) bond motifs is 1. The minimum atomic E-state index is -4.73. The number of H-pyrrole nitrogens is 1. The van der Waals surface area contributed by atoms with Crippen molar-refractivity contribution in [3.8, 4) is 17.3 Å². The van der Waals surface area contributed by atoms with Crippen molar-refractivity contribution >= 4 is 38.3 Å². The van der Waals surface area contributed by atoms with Gasteiger partial charge in [0.2, 0.25) is 5.88 Å². The molecule has 0 unspecified atom stereocenters. The number of rotatable bonds is 7. The number of aromatic nitrogens is 5. The number of piperidine rings is 1. The van der Waals surface area contributed by atoms with Crippen LogP contribution in [0.1, 0.15) is 37.9 Å². The Balaban J connectivity index is 1.41. The Bertz CT molecular complexity index is 1690. The molecule has 10 nitrogen and oxygen atoms in total. The number of ether oxygens (including phenoxy) is 1. The Morgan fingerprint density at radius 2 is 1.88 bits per heavy atom. The fraction of sp³-hybridized carbons (Fsp3) is 0.385. The average Bonchev–Trinajstić information content (AvgIpc) is 3.30. The number of anilines is 1. The molecule has 218 valence electrons. The van der Waals surface area contributed by atoms with Gasteiger partial charge in [0.25, 0.3) is 10.0 Å². The number of sulfonamides is 1. The molecule has 0 radical (unpaired) electrons. The summed E-state index contributed by atoms with van der Waals surface area (Å²) in [6, 6.07) is 5.96. The van der Waals surface area contributed by atoms with Gasteiger partial charge in [-0.2, -0.15) is 31.7 Å². The monoisotopic (exact) mass is 609 g/mol. The molecule has 0 spiro atoms. The Labute approximate surface area is 239 Å². The van der Waals surface area contributed by atoms with Crippen molar-refractivity contribution in [1.29, 1.82) is 0 Å². The molecule has 5 rings (SSSR count). The molecule has 1 fully saturated rings. The third-order valence-corrected chi connectivity index (χ3v) is 8.44. The topological polar surface area (TPSA) is 126 Å². The molecule has 41 heavy (non-hydrogen) atoms. The van der Waals surface area contributed by atoms with Crippen molar-refractivity contribution in [3.63, 3.8) is 0 Å². The van der Waals surface area contributed by atoms with E-state index in [0.717, 1.165) is 32.1 Å². The highest BCUT2D eigenvalue weighted by Crippen LogP contribution is 2.34. The number of halogens is 4. The number of nitrogens with zero attached hydrogens (tertiary/aromatic N) is 5. The second-order valence-corrected chi connectivity index (χ2v) is 12.0. The second kappa shape index (κ2) is 11.1. The number of likely N-dealkylation sites (tertiary alicyclic amines) is 1. The first kappa shape index (κ1) is 29.0. The fourth-order valence-electron chi connectivity index (χ4n) is 4.59. The lowest BCUT2D eigenvalue weighted by molar-refractivity contribution is -0.137. The highest BCUT2D eigenvalue weighted by atomic mass is 35.5. The molecule has 0 bridgehead atoms. The Morgan fingerprint density at radius 3 is 2.54 bits per heavy atom. The summed E-state index contributed by atoms with van der Waals surface area (Å²) in [4.78, 5) is 15.2. The first-order chi connectivity index (χ1) is 19.3. The first-order valence-corrected chi connectivity index (χ1v) is 14.7. The number of nitrogens with one attached hydrogen (secondary N) is 2. The Hall–Kier alpha value is -3.49. The van der Waals surface area contributed by atoms with Gasteiger partial charge < -0.3 is 9.64 Å². The second-order valence-electron chi connectivity index (χ2n) is 10.0. The normalized spacial score (nSPS) is 15.5. The van der Waals surface area contributed by atoms with Crippen LogP contribution in [0.25, 0.3) is 22.4 Å². The summed E-state index contributed by atoms with van der Waals surface area (Å²) in [7, 11) is -4.47. The summed E-state index contributed by atoms with van der Waals surface area (Å²) in [6.07, 6.45) is -2.29. The molecule has 4 aromatic rings. The number of aromatic amines is 1. The van der Waals surface area contributed by atoms with E-state index in [1.807, 2.05) is 6.92 Å². The number of hydrogen-bond donors (Lipinski definition) is 2. The van der Waals surface area contributed by atoms with E-state index >= 15 is 0 Å². The highest BCUT2D eigenvalue weighted by molar-refractivity contribution is 7.92. The molecule has 0 saturated carbocycles. The van der Waals surface area contributed by atoms with E-state index in [1.165, 1.54) is 12.1 Å². The Kier molecular flexibility index (Phi) is 7.83. The molecule has 15 heteroatoms. The number of hydrogen-bond acceptors (Lipinski definition) is 8. The third-order valence-electron chi connectivity index (χ3n) is 6.86. The average molecular weight is 610 g/mol. The van der Waals surface area contributed by atoms with Crippen LogP contribution in [0.15, 0.2) is 41.6 Å². The van der Waals surface area contributed by atoms with Gasteiger partial charge in [-0.25, -0.2) is 9.97 Å². The third kappa shape index (κ3) is 6.23. The van der Waals surface area contributed by atoms with Gasteiger partial charge in [0.15, 0.2) is 16.5 Å². The summed E-state index contributed by atoms with van der Waals surface area (Å²) in [5, 5.41) is 6.99. The van der Waals surface area contributed by atoms with E-state index in [-0.39, 0.29) is 22.6 Å². The summed E-state index contributed by atoms with van der Waals surface area (Å²) < 4.78 is 73.3. The van der Waals surface area contributed by atoms with Crippen molar-refractivity contribution in [1.82, 2.24) is 30.0 Å². The summed E-state index contributed by atoms with van der Waals surface area (Å²) in [5.41, 5.74) is 0.426. The molecular formula is C26H27ClF3N7O3S. The van der Waals surface area contributed by atoms with Crippen molar-refractivity contribution < 1.29 is 26.3 Å². The van der Waals surface area contributed by atoms with E-state index in [4.69, 9.17) is 16.3 Å². The van der Waals surface area contributed by atoms with Crippen LogP contribution in [-0.4, -0.2) is 63.7 Å². The lowest BCUT2D eigenvalue weighted by Gasteiger charge is -2.34.